The van der Waals surface area contributed by atoms with Crippen molar-refractivity contribution >= 4 is 47.9 Å². The number of methoxy groups -OCH3 is 1. The Kier molecular flexibility index (Phi) is 8.94. The number of nitrogens with one attached hydrogen (secondary N) is 1. The van der Waals surface area contributed by atoms with Crippen molar-refractivity contribution in [2.75, 3.05) is 45.0 Å². The number of anilines is 1. The smallest absolute Gasteiger partial charge is 0.475 e. The normalized spacial score (nSPS) is 28.3. The van der Waals surface area contributed by atoms with Gasteiger partial charge in [0.15, 0.2) is 22.5 Å². The molecule has 1 amide bonds. The molecule has 2 fully saturated rings. The summed E-state index contributed by atoms with van der Waals surface area (Å²) < 4.78 is 47.1. The summed E-state index contributed by atoms with van der Waals surface area (Å²) in [6.07, 6.45) is -2.13. The molecule has 40 heavy (non-hydrogen) atoms. The van der Waals surface area contributed by atoms with Crippen LogP contribution in [0.4, 0.5) is 10.7 Å². The number of imidazole rings is 1. The van der Waals surface area contributed by atoms with Crippen molar-refractivity contribution in [1.82, 2.24) is 24.8 Å². The number of nitrogens with zero attached hydrogens (tertiary/aromatic N) is 4. The van der Waals surface area contributed by atoms with Crippen LogP contribution in [-0.2, 0) is 32.4 Å². The van der Waals surface area contributed by atoms with Crippen LogP contribution in [0, 0.1) is 5.41 Å². The maximum Gasteiger partial charge on any atom is 0.475 e. The van der Waals surface area contributed by atoms with E-state index in [0.717, 1.165) is 11.8 Å². The number of phosphoric ester groups is 1. The lowest BCUT2D eigenvalue weighted by Crippen LogP contribution is -2.47. The highest BCUT2D eigenvalue weighted by molar-refractivity contribution is 8.13. The fourth-order valence-corrected chi connectivity index (χ4v) is 6.60. The number of thioether (sulfide) groups is 1. The zero-order chi connectivity index (χ0) is 29.3. The average Bonchev–Trinajstić information content (AvgIpc) is 3.42. The number of hydrogen-bond acceptors (Lipinski definition) is 15. The molecule has 2 aromatic rings. The Morgan fingerprint density at radius 2 is 2.15 bits per heavy atom. The molecular weight excluding hydrogens is 571 g/mol. The van der Waals surface area contributed by atoms with Crippen molar-refractivity contribution in [1.29, 1.82) is 0 Å². The topological polar surface area (TPSA) is 208 Å². The van der Waals surface area contributed by atoms with Gasteiger partial charge in [-0.15, -0.1) is 0 Å². The number of aliphatic hydroxyl groups is 1. The first-order valence-electron chi connectivity index (χ1n) is 12.4. The summed E-state index contributed by atoms with van der Waals surface area (Å²) >= 11 is 0.954. The number of aromatic nitrogens is 4. The average molecular weight is 605 g/mol. The van der Waals surface area contributed by atoms with Crippen LogP contribution in [0.25, 0.3) is 11.2 Å². The van der Waals surface area contributed by atoms with E-state index in [1.165, 1.54) is 24.9 Å². The molecule has 0 aliphatic carbocycles. The van der Waals surface area contributed by atoms with Gasteiger partial charge in [-0.3, -0.25) is 22.9 Å². The van der Waals surface area contributed by atoms with Gasteiger partial charge in [-0.25, -0.2) is 14.3 Å². The first kappa shape index (κ1) is 30.4. The number of alkyl carbamates (subject to hydrolysis) is 1. The molecule has 4 heterocycles. The number of nitrogens with two attached hydrogens (primary N) is 1. The van der Waals surface area contributed by atoms with Crippen LogP contribution >= 0.6 is 19.6 Å². The number of ether oxygens (including phenoxy) is 3. The number of phosphoric acid groups is 1. The van der Waals surface area contributed by atoms with Gasteiger partial charge in [-0.2, -0.15) is 9.97 Å². The number of rotatable bonds is 10. The summed E-state index contributed by atoms with van der Waals surface area (Å²) in [5.41, 5.74) is 3.78. The first-order valence-corrected chi connectivity index (χ1v) is 14.8. The van der Waals surface area contributed by atoms with Crippen LogP contribution in [0.5, 0.6) is 5.88 Å². The van der Waals surface area contributed by atoms with E-state index in [9.17, 15) is 19.3 Å². The molecule has 0 unspecified atom stereocenters. The highest BCUT2D eigenvalue weighted by Gasteiger charge is 2.60. The van der Waals surface area contributed by atoms with Gasteiger partial charge in [0.2, 0.25) is 11.8 Å². The molecule has 0 bridgehead atoms. The second-order valence-electron chi connectivity index (χ2n) is 9.86. The molecule has 0 spiro atoms. The van der Waals surface area contributed by atoms with E-state index in [1.807, 2.05) is 0 Å². The Balaban J connectivity index is 1.35. The predicted molar refractivity (Wildman–Crippen MR) is 141 cm³/mol. The number of hydrogen-bond donors (Lipinski definition) is 3. The Labute approximate surface area is 234 Å². The molecule has 4 rings (SSSR count). The minimum absolute atomic E-state index is 0.0614. The van der Waals surface area contributed by atoms with Gasteiger partial charge in [-0.05, 0) is 13.8 Å². The number of fused-ring (bicyclic) bond motifs is 2. The molecule has 0 saturated carbocycles. The highest BCUT2D eigenvalue weighted by Crippen LogP contribution is 2.58. The number of amides is 1. The Hall–Kier alpha value is -2.53. The maximum absolute atomic E-state index is 13.2. The largest absolute Gasteiger partial charge is 0.479 e. The van der Waals surface area contributed by atoms with Crippen LogP contribution in [0.15, 0.2) is 6.33 Å². The van der Waals surface area contributed by atoms with Crippen molar-refractivity contribution in [3.05, 3.63) is 6.33 Å². The summed E-state index contributed by atoms with van der Waals surface area (Å²) in [6.45, 7) is 6.50. The van der Waals surface area contributed by atoms with Gasteiger partial charge < -0.3 is 30.4 Å². The summed E-state index contributed by atoms with van der Waals surface area (Å²) in [4.78, 5) is 36.6. The minimum atomic E-state index is -4.10. The van der Waals surface area contributed by atoms with E-state index in [-0.39, 0.29) is 54.7 Å². The third kappa shape index (κ3) is 6.20. The van der Waals surface area contributed by atoms with Crippen LogP contribution in [0.2, 0.25) is 0 Å². The van der Waals surface area contributed by atoms with E-state index in [0.29, 0.717) is 5.52 Å². The van der Waals surface area contributed by atoms with Crippen LogP contribution in [-0.4, -0.2) is 92.9 Å². The summed E-state index contributed by atoms with van der Waals surface area (Å²) in [5, 5.41) is 13.8. The Bertz CT molecular complexity index is 1310. The molecule has 2 aliphatic heterocycles. The second kappa shape index (κ2) is 11.8. The number of carbonyl (C=O) groups excluding carboxylic acids is 2. The Morgan fingerprint density at radius 3 is 2.85 bits per heavy atom. The zero-order valence-corrected chi connectivity index (χ0v) is 24.4. The van der Waals surface area contributed by atoms with E-state index < -0.39 is 43.4 Å². The van der Waals surface area contributed by atoms with Crippen molar-refractivity contribution in [2.24, 2.45) is 5.41 Å². The lowest BCUT2D eigenvalue weighted by atomic mass is 9.96. The van der Waals surface area contributed by atoms with E-state index in [4.69, 9.17) is 33.5 Å². The van der Waals surface area contributed by atoms with Crippen molar-refractivity contribution < 1.29 is 47.0 Å². The minimum Gasteiger partial charge on any atom is -0.479 e. The lowest BCUT2D eigenvalue weighted by Gasteiger charge is -2.35. The second-order valence-corrected chi connectivity index (χ2v) is 12.6. The lowest BCUT2D eigenvalue weighted by molar-refractivity contribution is -0.117. The van der Waals surface area contributed by atoms with Gasteiger partial charge in [0.25, 0.3) is 0 Å². The van der Waals surface area contributed by atoms with Gasteiger partial charge in [0.1, 0.15) is 17.8 Å². The first-order chi connectivity index (χ1) is 18.8. The predicted octanol–water partition coefficient (Wildman–Crippen LogP) is 1.64. The quantitative estimate of drug-likeness (QED) is 0.260. The molecule has 4 N–H and O–H groups in total. The highest BCUT2D eigenvalue weighted by atomic mass is 32.2. The van der Waals surface area contributed by atoms with Gasteiger partial charge in [-0.1, -0.05) is 25.6 Å². The summed E-state index contributed by atoms with van der Waals surface area (Å²) in [6, 6.07) is 0. The van der Waals surface area contributed by atoms with Gasteiger partial charge >= 0.3 is 13.9 Å². The van der Waals surface area contributed by atoms with E-state index in [1.54, 1.807) is 20.8 Å². The molecule has 0 radical (unpaired) electrons. The van der Waals surface area contributed by atoms with E-state index in [2.05, 4.69) is 20.3 Å². The molecular formula is C22H33N6O10PS. The molecule has 16 nitrogen and oxygen atoms in total. The number of nitrogen functional groups attached to an aromatic ring is 1. The molecule has 2 aromatic heterocycles. The zero-order valence-electron chi connectivity index (χ0n) is 22.7. The SMILES string of the molecule is CCOC(=O)NCC(C)(C)C(=O)SCCO[P@@]1(=O)OC[C@H]2O[C@@H](n3cnc4c(OC)nc(N)nc43)[C@](C)(O)[C@@H]2O1. The Morgan fingerprint density at radius 1 is 1.40 bits per heavy atom. The molecule has 2 aliphatic rings. The molecule has 2 saturated heterocycles. The van der Waals surface area contributed by atoms with Crippen molar-refractivity contribution in [3.63, 3.8) is 0 Å². The summed E-state index contributed by atoms with van der Waals surface area (Å²) in [5.74, 6) is 0.240. The molecule has 0 aromatic carbocycles. The summed E-state index contributed by atoms with van der Waals surface area (Å²) in [7, 11) is -2.68. The standard InChI is InChI=1S/C22H33N6O10PS/c1-6-34-20(30)24-10-21(2,3)18(29)40-8-7-35-39(32)36-9-12-14(38-39)22(4,31)17(37-12)28-11-25-13-15(28)26-19(23)27-16(13)33-5/h11-12,14,17,31H,6-10H2,1-5H3,(H,24,30)(H2,23,26,27)/t12-,14-,17-,22-,39+/m1/s1. The molecule has 5 atom stereocenters. The van der Waals surface area contributed by atoms with Crippen molar-refractivity contribution in [2.45, 2.75) is 51.7 Å². The number of carbonyl (C=O) groups is 2. The maximum atomic E-state index is 13.2. The molecule has 222 valence electrons. The van der Waals surface area contributed by atoms with Crippen LogP contribution < -0.4 is 15.8 Å². The molecule has 18 heteroatoms. The van der Waals surface area contributed by atoms with E-state index >= 15 is 0 Å². The van der Waals surface area contributed by atoms with Crippen LogP contribution in [0.3, 0.4) is 0 Å². The van der Waals surface area contributed by atoms with Crippen LogP contribution in [0.1, 0.15) is 33.9 Å². The monoisotopic (exact) mass is 604 g/mol. The third-order valence-corrected chi connectivity index (χ3v) is 8.91. The fraction of sp³-hybridized carbons (Fsp3) is 0.682. The van der Waals surface area contributed by atoms with Crippen molar-refractivity contribution in [3.8, 4) is 5.88 Å². The van der Waals surface area contributed by atoms with Gasteiger partial charge in [0, 0.05) is 12.3 Å². The third-order valence-electron chi connectivity index (χ3n) is 6.28. The fourth-order valence-electron chi connectivity index (χ4n) is 4.19. The van der Waals surface area contributed by atoms with Gasteiger partial charge in [0.05, 0.1) is 38.7 Å².